The molecule has 0 aliphatic heterocycles. The minimum absolute atomic E-state index is 0.0203. The van der Waals surface area contributed by atoms with E-state index in [0.717, 1.165) is 11.4 Å². The normalized spacial score (nSPS) is 10.2. The molecule has 2 rings (SSSR count). The Kier molecular flexibility index (Phi) is 5.46. The van der Waals surface area contributed by atoms with E-state index in [4.69, 9.17) is 0 Å². The van der Waals surface area contributed by atoms with Crippen LogP contribution in [0, 0.1) is 0 Å². The first-order valence-electron chi connectivity index (χ1n) is 7.68. The van der Waals surface area contributed by atoms with Gasteiger partial charge < -0.3 is 10.2 Å². The topological polar surface area (TPSA) is 62.3 Å². The summed E-state index contributed by atoms with van der Waals surface area (Å²) in [4.78, 5) is 29.6. The number of nitrogens with one attached hydrogen (secondary N) is 1. The molecule has 0 saturated carbocycles. The second-order valence-corrected chi connectivity index (χ2v) is 5.17. The van der Waals surface area contributed by atoms with Gasteiger partial charge in [0, 0.05) is 24.3 Å². The van der Waals surface area contributed by atoms with Crippen molar-refractivity contribution in [1.29, 1.82) is 0 Å². The maximum atomic E-state index is 12.2. The highest BCUT2D eigenvalue weighted by atomic mass is 16.2. The van der Waals surface area contributed by atoms with Crippen LogP contribution in [0.5, 0.6) is 0 Å². The molecule has 23 heavy (non-hydrogen) atoms. The monoisotopic (exact) mass is 311 g/mol. The van der Waals surface area contributed by atoms with Gasteiger partial charge in [0.05, 0.1) is 11.9 Å². The molecule has 0 atom stereocenters. The number of carbonyl (C=O) groups excluding carboxylic acids is 2. The highest BCUT2D eigenvalue weighted by Crippen LogP contribution is 2.18. The molecule has 0 radical (unpaired) electrons. The Morgan fingerprint density at radius 2 is 1.83 bits per heavy atom. The first-order valence-corrected chi connectivity index (χ1v) is 7.68. The Morgan fingerprint density at radius 1 is 1.09 bits per heavy atom. The number of rotatable bonds is 6. The van der Waals surface area contributed by atoms with Gasteiger partial charge in [-0.25, -0.2) is 4.98 Å². The van der Waals surface area contributed by atoms with Crippen molar-refractivity contribution in [2.75, 3.05) is 18.4 Å². The van der Waals surface area contributed by atoms with E-state index in [9.17, 15) is 9.59 Å². The van der Waals surface area contributed by atoms with Gasteiger partial charge in [0.15, 0.2) is 5.78 Å². The zero-order valence-electron chi connectivity index (χ0n) is 13.7. The molecular formula is C18H21N3O2. The molecule has 5 nitrogen and oxygen atoms in total. The highest BCUT2D eigenvalue weighted by Gasteiger charge is 2.13. The zero-order chi connectivity index (χ0) is 16.8. The van der Waals surface area contributed by atoms with Crippen LogP contribution in [-0.4, -0.2) is 34.7 Å². The number of anilines is 2. The van der Waals surface area contributed by atoms with Crippen LogP contribution in [0.25, 0.3) is 0 Å². The average Bonchev–Trinajstić information content (AvgIpc) is 2.56. The number of nitrogens with zero attached hydrogens (tertiary/aromatic N) is 2. The number of Topliss-reactive ketones (excluding diaryl/α,β-unsaturated/α-hetero) is 1. The molecule has 0 bridgehead atoms. The predicted octanol–water partition coefficient (Wildman–Crippen LogP) is 3.51. The summed E-state index contributed by atoms with van der Waals surface area (Å²) >= 11 is 0. The molecule has 0 aliphatic carbocycles. The zero-order valence-corrected chi connectivity index (χ0v) is 13.7. The summed E-state index contributed by atoms with van der Waals surface area (Å²) in [6.45, 7) is 6.75. The van der Waals surface area contributed by atoms with Gasteiger partial charge in [-0.05, 0) is 45.0 Å². The second-order valence-electron chi connectivity index (χ2n) is 5.17. The molecule has 2 aromatic rings. The van der Waals surface area contributed by atoms with Crippen LogP contribution >= 0.6 is 0 Å². The fourth-order valence-electron chi connectivity index (χ4n) is 2.25. The van der Waals surface area contributed by atoms with Gasteiger partial charge in [-0.3, -0.25) is 9.59 Å². The van der Waals surface area contributed by atoms with Crippen molar-refractivity contribution in [3.05, 3.63) is 53.9 Å². The van der Waals surface area contributed by atoms with Gasteiger partial charge in [-0.2, -0.15) is 0 Å². The van der Waals surface area contributed by atoms with Crippen LogP contribution in [0.1, 0.15) is 41.6 Å². The molecule has 0 unspecified atom stereocenters. The van der Waals surface area contributed by atoms with E-state index in [1.54, 1.807) is 29.3 Å². The summed E-state index contributed by atoms with van der Waals surface area (Å²) in [5, 5.41) is 3.18. The highest BCUT2D eigenvalue weighted by molar-refractivity contribution is 5.95. The van der Waals surface area contributed by atoms with Gasteiger partial charge in [-0.1, -0.05) is 12.1 Å². The molecule has 1 N–H and O–H groups in total. The molecule has 1 aromatic carbocycles. The number of benzene rings is 1. The van der Waals surface area contributed by atoms with E-state index in [2.05, 4.69) is 10.3 Å². The van der Waals surface area contributed by atoms with Gasteiger partial charge in [0.25, 0.3) is 5.91 Å². The van der Waals surface area contributed by atoms with Crippen LogP contribution in [0.2, 0.25) is 0 Å². The average molecular weight is 311 g/mol. The van der Waals surface area contributed by atoms with Crippen molar-refractivity contribution in [3.63, 3.8) is 0 Å². The van der Waals surface area contributed by atoms with Crippen molar-refractivity contribution < 1.29 is 9.59 Å². The van der Waals surface area contributed by atoms with Gasteiger partial charge in [-0.15, -0.1) is 0 Å². The SMILES string of the molecule is CCN(CC)C(=O)c1ccc(Nc2cccc(C(C)=O)c2)cn1. The Balaban J connectivity index is 2.12. The van der Waals surface area contributed by atoms with E-state index in [1.807, 2.05) is 32.0 Å². The first kappa shape index (κ1) is 16.7. The molecule has 0 fully saturated rings. The molecule has 0 saturated heterocycles. The van der Waals surface area contributed by atoms with Crippen LogP contribution in [0.15, 0.2) is 42.6 Å². The number of ketones is 1. The summed E-state index contributed by atoms with van der Waals surface area (Å²) in [5.74, 6) is -0.0490. The first-order chi connectivity index (χ1) is 11.0. The third-order valence-corrected chi connectivity index (χ3v) is 3.59. The van der Waals surface area contributed by atoms with Crippen molar-refractivity contribution in [1.82, 2.24) is 9.88 Å². The third kappa shape index (κ3) is 4.16. The van der Waals surface area contributed by atoms with Crippen molar-refractivity contribution >= 4 is 23.1 Å². The molecule has 1 aromatic heterocycles. The van der Waals surface area contributed by atoms with E-state index in [-0.39, 0.29) is 11.7 Å². The lowest BCUT2D eigenvalue weighted by molar-refractivity contribution is 0.0767. The minimum Gasteiger partial charge on any atom is -0.354 e. The molecule has 5 heteroatoms. The van der Waals surface area contributed by atoms with E-state index >= 15 is 0 Å². The van der Waals surface area contributed by atoms with Gasteiger partial charge >= 0.3 is 0 Å². The lowest BCUT2D eigenvalue weighted by Gasteiger charge is -2.18. The number of amides is 1. The summed E-state index contributed by atoms with van der Waals surface area (Å²) in [6.07, 6.45) is 1.62. The van der Waals surface area contributed by atoms with Crippen molar-refractivity contribution in [3.8, 4) is 0 Å². The van der Waals surface area contributed by atoms with Gasteiger partial charge in [0.2, 0.25) is 0 Å². The quantitative estimate of drug-likeness (QED) is 0.829. The number of hydrogen-bond donors (Lipinski definition) is 1. The standard InChI is InChI=1S/C18H21N3O2/c1-4-21(5-2)18(23)17-10-9-16(12-19-17)20-15-8-6-7-14(11-15)13(3)22/h6-12,20H,4-5H2,1-3H3. The maximum absolute atomic E-state index is 12.2. The molecule has 0 aliphatic rings. The van der Waals surface area contributed by atoms with E-state index in [1.165, 1.54) is 6.92 Å². The van der Waals surface area contributed by atoms with Crippen molar-refractivity contribution in [2.24, 2.45) is 0 Å². The molecule has 1 amide bonds. The molecule has 120 valence electrons. The smallest absolute Gasteiger partial charge is 0.272 e. The number of carbonyl (C=O) groups is 2. The largest absolute Gasteiger partial charge is 0.354 e. The summed E-state index contributed by atoms with van der Waals surface area (Å²) in [5.41, 5.74) is 2.65. The predicted molar refractivity (Wildman–Crippen MR) is 91.2 cm³/mol. The van der Waals surface area contributed by atoms with Crippen LogP contribution in [-0.2, 0) is 0 Å². The number of pyridine rings is 1. The van der Waals surface area contributed by atoms with Crippen molar-refractivity contribution in [2.45, 2.75) is 20.8 Å². The summed E-state index contributed by atoms with van der Waals surface area (Å²) < 4.78 is 0. The van der Waals surface area contributed by atoms with Crippen LogP contribution < -0.4 is 5.32 Å². The third-order valence-electron chi connectivity index (χ3n) is 3.59. The minimum atomic E-state index is -0.0693. The lowest BCUT2D eigenvalue weighted by Crippen LogP contribution is -2.31. The maximum Gasteiger partial charge on any atom is 0.272 e. The molecular weight excluding hydrogens is 290 g/mol. The van der Waals surface area contributed by atoms with Crippen LogP contribution in [0.4, 0.5) is 11.4 Å². The Morgan fingerprint density at radius 3 is 2.39 bits per heavy atom. The lowest BCUT2D eigenvalue weighted by atomic mass is 10.1. The van der Waals surface area contributed by atoms with Gasteiger partial charge in [0.1, 0.15) is 5.69 Å². The number of aromatic nitrogens is 1. The fraction of sp³-hybridized carbons (Fsp3) is 0.278. The summed E-state index contributed by atoms with van der Waals surface area (Å²) in [6, 6.07) is 10.8. The summed E-state index contributed by atoms with van der Waals surface area (Å²) in [7, 11) is 0. The molecule has 0 spiro atoms. The Labute approximate surface area is 136 Å². The number of hydrogen-bond acceptors (Lipinski definition) is 4. The Bertz CT molecular complexity index is 692. The van der Waals surface area contributed by atoms with Crippen LogP contribution in [0.3, 0.4) is 0 Å². The fourth-order valence-corrected chi connectivity index (χ4v) is 2.25. The Hall–Kier alpha value is -2.69. The second kappa shape index (κ2) is 7.54. The van der Waals surface area contributed by atoms with E-state index < -0.39 is 0 Å². The molecule has 1 heterocycles. The van der Waals surface area contributed by atoms with E-state index in [0.29, 0.717) is 24.3 Å².